The minimum atomic E-state index is -4.04. The number of rotatable bonds is 4. The predicted molar refractivity (Wildman–Crippen MR) is 60.6 cm³/mol. The van der Waals surface area contributed by atoms with E-state index in [1.165, 1.54) is 0 Å². The topological polar surface area (TPSA) is 142 Å². The van der Waals surface area contributed by atoms with Gasteiger partial charge in [0.2, 0.25) is 10.0 Å². The average molecular weight is 293 g/mol. The molecule has 10 heteroatoms. The van der Waals surface area contributed by atoms with Crippen LogP contribution in [0.25, 0.3) is 0 Å². The van der Waals surface area contributed by atoms with E-state index in [9.17, 15) is 16.8 Å². The molecule has 0 saturated heterocycles. The van der Waals surface area contributed by atoms with Gasteiger partial charge in [-0.1, -0.05) is 0 Å². The van der Waals surface area contributed by atoms with Crippen molar-refractivity contribution in [3.8, 4) is 5.75 Å². The van der Waals surface area contributed by atoms with Crippen molar-refractivity contribution in [2.75, 3.05) is 0 Å². The molecule has 0 atom stereocenters. The highest BCUT2D eigenvalue weighted by molar-refractivity contribution is 7.89. The number of hydrogen-bond donors (Lipinski definition) is 2. The Morgan fingerprint density at radius 1 is 1.17 bits per heavy atom. The Hall–Kier alpha value is -1.23. The third-order valence-electron chi connectivity index (χ3n) is 2.22. The van der Waals surface area contributed by atoms with Crippen molar-refractivity contribution >= 4 is 20.0 Å². The second-order valence-electron chi connectivity index (χ2n) is 3.88. The lowest BCUT2D eigenvalue weighted by Gasteiger charge is -2.09. The van der Waals surface area contributed by atoms with E-state index >= 15 is 0 Å². The first-order chi connectivity index (χ1) is 8.18. The third-order valence-corrected chi connectivity index (χ3v) is 3.95. The number of ether oxygens (including phenoxy) is 1. The quantitative estimate of drug-likeness (QED) is 0.722. The summed E-state index contributed by atoms with van der Waals surface area (Å²) < 4.78 is 50.1. The molecule has 1 heterocycles. The van der Waals surface area contributed by atoms with Gasteiger partial charge in [-0.2, -0.15) is 0 Å². The molecule has 0 amide bonds. The maximum absolute atomic E-state index is 11.3. The molecule has 1 aliphatic rings. The lowest BCUT2D eigenvalue weighted by Crippen LogP contribution is -2.18. The lowest BCUT2D eigenvalue weighted by molar-refractivity contribution is 0.293. The van der Waals surface area contributed by atoms with Crippen LogP contribution in [0.5, 0.6) is 5.75 Å². The van der Waals surface area contributed by atoms with Crippen LogP contribution in [0.4, 0.5) is 0 Å². The molecule has 18 heavy (non-hydrogen) atoms. The van der Waals surface area contributed by atoms with Gasteiger partial charge in [0.1, 0.15) is 10.6 Å². The van der Waals surface area contributed by atoms with Gasteiger partial charge in [-0.15, -0.1) is 0 Å². The Balaban J connectivity index is 2.54. The van der Waals surface area contributed by atoms with Crippen LogP contribution in [0.2, 0.25) is 0 Å². The van der Waals surface area contributed by atoms with Crippen LogP contribution >= 0.6 is 0 Å². The molecule has 0 radical (unpaired) electrons. The summed E-state index contributed by atoms with van der Waals surface area (Å²) in [5, 5.41) is 9.42. The summed E-state index contributed by atoms with van der Waals surface area (Å²) in [7, 11) is -8.07. The molecule has 0 spiro atoms. The monoisotopic (exact) mass is 293 g/mol. The summed E-state index contributed by atoms with van der Waals surface area (Å²) in [5.41, 5.74) is 0. The number of sulfonamides is 2. The fourth-order valence-corrected chi connectivity index (χ4v) is 2.29. The van der Waals surface area contributed by atoms with Gasteiger partial charge in [-0.05, 0) is 12.8 Å². The van der Waals surface area contributed by atoms with Crippen molar-refractivity contribution in [1.29, 1.82) is 0 Å². The van der Waals surface area contributed by atoms with Crippen molar-refractivity contribution in [1.82, 2.24) is 4.98 Å². The average Bonchev–Trinajstić information content (AvgIpc) is 2.98. The van der Waals surface area contributed by atoms with Crippen LogP contribution in [0, 0.1) is 0 Å². The molecule has 100 valence electrons. The van der Waals surface area contributed by atoms with Crippen LogP contribution in [-0.4, -0.2) is 27.9 Å². The van der Waals surface area contributed by atoms with Crippen LogP contribution in [0.3, 0.4) is 0 Å². The van der Waals surface area contributed by atoms with Crippen molar-refractivity contribution in [2.45, 2.75) is 28.9 Å². The van der Waals surface area contributed by atoms with E-state index in [1.54, 1.807) is 0 Å². The van der Waals surface area contributed by atoms with E-state index < -0.39 is 25.1 Å². The SMILES string of the molecule is NS(=O)(=O)c1cc(OC2CC2)c(S(N)(=O)=O)cn1. The van der Waals surface area contributed by atoms with Crippen LogP contribution in [0.15, 0.2) is 22.2 Å². The van der Waals surface area contributed by atoms with Gasteiger partial charge in [-0.25, -0.2) is 32.1 Å². The zero-order valence-corrected chi connectivity index (χ0v) is 10.7. The number of aromatic nitrogens is 1. The molecular formula is C8H11N3O5S2. The van der Waals surface area contributed by atoms with Crippen molar-refractivity contribution < 1.29 is 21.6 Å². The highest BCUT2D eigenvalue weighted by atomic mass is 32.2. The summed E-state index contributed by atoms with van der Waals surface area (Å²) in [5.74, 6) is -0.140. The highest BCUT2D eigenvalue weighted by Gasteiger charge is 2.28. The molecule has 1 aromatic rings. The van der Waals surface area contributed by atoms with E-state index in [0.717, 1.165) is 25.1 Å². The van der Waals surface area contributed by atoms with E-state index in [2.05, 4.69) is 4.98 Å². The zero-order valence-electron chi connectivity index (χ0n) is 9.11. The van der Waals surface area contributed by atoms with E-state index in [4.69, 9.17) is 15.0 Å². The van der Waals surface area contributed by atoms with E-state index in [1.807, 2.05) is 0 Å². The number of hydrogen-bond acceptors (Lipinski definition) is 6. The van der Waals surface area contributed by atoms with Gasteiger partial charge in [0, 0.05) is 6.07 Å². The molecule has 8 nitrogen and oxygen atoms in total. The molecule has 0 aromatic carbocycles. The molecule has 1 fully saturated rings. The first-order valence-corrected chi connectivity index (χ1v) is 7.99. The van der Waals surface area contributed by atoms with Gasteiger partial charge >= 0.3 is 0 Å². The summed E-state index contributed by atoms with van der Waals surface area (Å²) >= 11 is 0. The van der Waals surface area contributed by atoms with Crippen LogP contribution < -0.4 is 15.0 Å². The largest absolute Gasteiger partial charge is 0.489 e. The Morgan fingerprint density at radius 3 is 2.22 bits per heavy atom. The lowest BCUT2D eigenvalue weighted by atomic mass is 10.4. The van der Waals surface area contributed by atoms with E-state index in [0.29, 0.717) is 0 Å². The molecular weight excluding hydrogens is 282 g/mol. The molecule has 1 aromatic heterocycles. The summed E-state index contributed by atoms with van der Waals surface area (Å²) in [6.07, 6.45) is 2.25. The van der Waals surface area contributed by atoms with Crippen LogP contribution in [-0.2, 0) is 20.0 Å². The first-order valence-electron chi connectivity index (χ1n) is 4.90. The fourth-order valence-electron chi connectivity index (χ4n) is 1.23. The maximum atomic E-state index is 11.3. The summed E-state index contributed by atoms with van der Waals surface area (Å²) in [6.45, 7) is 0. The number of nitrogens with zero attached hydrogens (tertiary/aromatic N) is 1. The minimum Gasteiger partial charge on any atom is -0.489 e. The maximum Gasteiger partial charge on any atom is 0.255 e. The molecule has 0 bridgehead atoms. The Kier molecular flexibility index (Phi) is 3.05. The van der Waals surface area contributed by atoms with Crippen molar-refractivity contribution in [3.63, 3.8) is 0 Å². The third kappa shape index (κ3) is 2.96. The van der Waals surface area contributed by atoms with Gasteiger partial charge in [0.25, 0.3) is 10.0 Å². The number of primary sulfonamides is 2. The van der Waals surface area contributed by atoms with Crippen molar-refractivity contribution in [2.24, 2.45) is 10.3 Å². The minimum absolute atomic E-state index is 0.124. The Labute approximate surface area is 104 Å². The van der Waals surface area contributed by atoms with Gasteiger partial charge < -0.3 is 4.74 Å². The number of nitrogens with two attached hydrogens (primary N) is 2. The normalized spacial score (nSPS) is 16.6. The van der Waals surface area contributed by atoms with Gasteiger partial charge in [-0.3, -0.25) is 0 Å². The Morgan fingerprint density at radius 2 is 1.78 bits per heavy atom. The standard InChI is InChI=1S/C8H11N3O5S2/c9-17(12,13)7-4-11-8(18(10,14)15)3-6(7)16-5-1-2-5/h3-5H,1-2H2,(H2,9,12,13)(H2,10,14,15). The summed E-state index contributed by atoms with van der Waals surface area (Å²) in [4.78, 5) is 3.09. The second kappa shape index (κ2) is 4.16. The Bertz CT molecular complexity index is 679. The van der Waals surface area contributed by atoms with E-state index in [-0.39, 0.29) is 16.7 Å². The number of pyridine rings is 1. The molecule has 1 saturated carbocycles. The molecule has 0 unspecified atom stereocenters. The van der Waals surface area contributed by atoms with Gasteiger partial charge in [0.15, 0.2) is 5.03 Å². The zero-order chi connectivity index (χ0) is 13.6. The molecule has 4 N–H and O–H groups in total. The molecule has 0 aliphatic heterocycles. The highest BCUT2D eigenvalue weighted by Crippen LogP contribution is 2.31. The fraction of sp³-hybridized carbons (Fsp3) is 0.375. The predicted octanol–water partition coefficient (Wildman–Crippen LogP) is -1.08. The van der Waals surface area contributed by atoms with Crippen molar-refractivity contribution in [3.05, 3.63) is 12.3 Å². The first kappa shape index (κ1) is 13.2. The van der Waals surface area contributed by atoms with Gasteiger partial charge in [0.05, 0.1) is 12.3 Å². The smallest absolute Gasteiger partial charge is 0.255 e. The summed E-state index contributed by atoms with van der Waals surface area (Å²) in [6, 6.07) is 0.966. The second-order valence-corrected chi connectivity index (χ2v) is 6.91. The molecule has 1 aliphatic carbocycles. The molecule has 2 rings (SSSR count). The van der Waals surface area contributed by atoms with Crippen LogP contribution in [0.1, 0.15) is 12.8 Å².